The van der Waals surface area contributed by atoms with Crippen molar-refractivity contribution in [2.75, 3.05) is 24.7 Å². The first-order valence-corrected chi connectivity index (χ1v) is 11.7. The molecule has 0 saturated carbocycles. The van der Waals surface area contributed by atoms with Gasteiger partial charge < -0.3 is 9.64 Å². The summed E-state index contributed by atoms with van der Waals surface area (Å²) in [5.74, 6) is 0.927. The van der Waals surface area contributed by atoms with E-state index >= 15 is 0 Å². The van der Waals surface area contributed by atoms with E-state index in [-0.39, 0.29) is 36.0 Å². The molecule has 1 aliphatic rings. The number of hydrogen-bond donors (Lipinski definition) is 0. The highest BCUT2D eigenvalue weighted by Crippen LogP contribution is 2.24. The first-order chi connectivity index (χ1) is 12.7. The van der Waals surface area contributed by atoms with Crippen molar-refractivity contribution in [3.05, 3.63) is 40.9 Å². The minimum absolute atomic E-state index is 0.0519. The number of fused-ring (bicyclic) bond motifs is 1. The van der Waals surface area contributed by atoms with Gasteiger partial charge in [0, 0.05) is 17.1 Å². The lowest BCUT2D eigenvalue weighted by molar-refractivity contribution is -0.135. The van der Waals surface area contributed by atoms with Gasteiger partial charge in [-0.05, 0) is 47.4 Å². The number of nitrogens with zero attached hydrogens (tertiary/aromatic N) is 1. The van der Waals surface area contributed by atoms with Gasteiger partial charge in [0.2, 0.25) is 0 Å². The smallest absolute Gasteiger partial charge is 0.260 e. The molecule has 7 heteroatoms. The molecule has 1 fully saturated rings. The lowest BCUT2D eigenvalue weighted by atomic mass is 10.1. The Bertz CT molecular complexity index is 942. The zero-order valence-electron chi connectivity index (χ0n) is 15.5. The molecule has 0 spiro atoms. The summed E-state index contributed by atoms with van der Waals surface area (Å²) in [5.41, 5.74) is 0. The topological polar surface area (TPSA) is 63.7 Å². The fraction of sp³-hybridized carbons (Fsp3) is 0.450. The second-order valence-electron chi connectivity index (χ2n) is 7.44. The van der Waals surface area contributed by atoms with Crippen molar-refractivity contribution in [1.29, 1.82) is 0 Å². The van der Waals surface area contributed by atoms with E-state index in [4.69, 9.17) is 4.74 Å². The molecule has 27 heavy (non-hydrogen) atoms. The Morgan fingerprint density at radius 2 is 1.93 bits per heavy atom. The molecule has 1 heterocycles. The number of sulfone groups is 1. The summed E-state index contributed by atoms with van der Waals surface area (Å²) in [5, 5.41) is 2.12. The summed E-state index contributed by atoms with van der Waals surface area (Å²) in [6.45, 7) is 4.48. The van der Waals surface area contributed by atoms with Crippen molar-refractivity contribution in [3.8, 4) is 5.75 Å². The summed E-state index contributed by atoms with van der Waals surface area (Å²) >= 11 is 3.45. The largest absolute Gasteiger partial charge is 0.484 e. The third kappa shape index (κ3) is 5.23. The van der Waals surface area contributed by atoms with Crippen LogP contribution in [0, 0.1) is 5.92 Å². The second kappa shape index (κ2) is 8.19. The van der Waals surface area contributed by atoms with E-state index in [1.54, 1.807) is 4.90 Å². The van der Waals surface area contributed by atoms with Crippen LogP contribution in [0.15, 0.2) is 40.9 Å². The monoisotopic (exact) mass is 453 g/mol. The summed E-state index contributed by atoms with van der Waals surface area (Å²) in [6, 6.07) is 11.4. The van der Waals surface area contributed by atoms with Gasteiger partial charge in [0.1, 0.15) is 5.75 Å². The molecule has 2 aromatic rings. The van der Waals surface area contributed by atoms with Crippen LogP contribution in [0.4, 0.5) is 0 Å². The van der Waals surface area contributed by atoms with Crippen molar-refractivity contribution in [3.63, 3.8) is 0 Å². The highest BCUT2D eigenvalue weighted by Gasteiger charge is 2.34. The molecule has 1 saturated heterocycles. The van der Waals surface area contributed by atoms with E-state index in [0.717, 1.165) is 15.2 Å². The minimum Gasteiger partial charge on any atom is -0.484 e. The fourth-order valence-electron chi connectivity index (χ4n) is 3.38. The van der Waals surface area contributed by atoms with E-state index in [1.807, 2.05) is 50.2 Å². The molecule has 0 radical (unpaired) electrons. The van der Waals surface area contributed by atoms with Crippen LogP contribution < -0.4 is 4.74 Å². The summed E-state index contributed by atoms with van der Waals surface area (Å²) in [6.07, 6.45) is 0.506. The lowest BCUT2D eigenvalue weighted by Gasteiger charge is -2.30. The molecule has 5 nitrogen and oxygen atoms in total. The number of carbonyl (C=O) groups is 1. The quantitative estimate of drug-likeness (QED) is 0.669. The van der Waals surface area contributed by atoms with Crippen LogP contribution in [0.25, 0.3) is 10.8 Å². The highest BCUT2D eigenvalue weighted by atomic mass is 79.9. The number of halogens is 1. The third-order valence-corrected chi connectivity index (χ3v) is 6.91. The van der Waals surface area contributed by atoms with Gasteiger partial charge in [-0.2, -0.15) is 0 Å². The number of benzene rings is 2. The van der Waals surface area contributed by atoms with Gasteiger partial charge in [0.15, 0.2) is 16.4 Å². The third-order valence-electron chi connectivity index (χ3n) is 4.67. The van der Waals surface area contributed by atoms with Crippen LogP contribution in [0.3, 0.4) is 0 Å². The maximum absolute atomic E-state index is 12.8. The predicted octanol–water partition coefficient (Wildman–Crippen LogP) is 3.65. The second-order valence-corrected chi connectivity index (χ2v) is 10.6. The van der Waals surface area contributed by atoms with Crippen LogP contribution in [0.5, 0.6) is 5.75 Å². The average Bonchev–Trinajstić information content (AvgIpc) is 2.97. The molecular weight excluding hydrogens is 430 g/mol. The summed E-state index contributed by atoms with van der Waals surface area (Å²) in [7, 11) is -3.04. The summed E-state index contributed by atoms with van der Waals surface area (Å²) in [4.78, 5) is 14.4. The van der Waals surface area contributed by atoms with E-state index in [9.17, 15) is 13.2 Å². The molecule has 0 aromatic heterocycles. The Balaban J connectivity index is 1.69. The molecule has 1 unspecified atom stereocenters. The number of carbonyl (C=O) groups excluding carboxylic acids is 1. The maximum Gasteiger partial charge on any atom is 0.260 e. The normalized spacial score (nSPS) is 18.7. The SMILES string of the molecule is CC(C)CN(C(=O)COc1ccc2cc(Br)ccc2c1)C1CCS(=O)(=O)C1. The molecule has 1 amide bonds. The number of hydrogen-bond acceptors (Lipinski definition) is 4. The predicted molar refractivity (Wildman–Crippen MR) is 111 cm³/mol. The van der Waals surface area contributed by atoms with Crippen LogP contribution in [0.2, 0.25) is 0 Å². The molecule has 1 atom stereocenters. The molecule has 2 aromatic carbocycles. The number of amides is 1. The van der Waals surface area contributed by atoms with Gasteiger partial charge in [0.05, 0.1) is 11.5 Å². The van der Waals surface area contributed by atoms with Crippen LogP contribution in [-0.4, -0.2) is 49.9 Å². The standard InChI is InChI=1S/C20H24BrNO4S/c1-14(2)11-22(18-7-8-27(24,25)13-18)20(23)12-26-19-6-4-15-9-17(21)5-3-16(15)10-19/h3-6,9-10,14,18H,7-8,11-13H2,1-2H3. The molecule has 146 valence electrons. The molecule has 0 bridgehead atoms. The van der Waals surface area contributed by atoms with Crippen LogP contribution >= 0.6 is 15.9 Å². The van der Waals surface area contributed by atoms with E-state index < -0.39 is 9.84 Å². The van der Waals surface area contributed by atoms with Gasteiger partial charge in [-0.25, -0.2) is 8.42 Å². The highest BCUT2D eigenvalue weighted by molar-refractivity contribution is 9.10. The number of rotatable bonds is 6. The van der Waals surface area contributed by atoms with E-state index in [1.165, 1.54) is 0 Å². The van der Waals surface area contributed by atoms with E-state index in [2.05, 4.69) is 15.9 Å². The summed E-state index contributed by atoms with van der Waals surface area (Å²) < 4.78 is 30.4. The van der Waals surface area contributed by atoms with Crippen molar-refractivity contribution in [2.45, 2.75) is 26.3 Å². The van der Waals surface area contributed by atoms with Crippen LogP contribution in [0.1, 0.15) is 20.3 Å². The Labute approximate surface area is 168 Å². The van der Waals surface area contributed by atoms with Gasteiger partial charge in [-0.1, -0.05) is 41.9 Å². The average molecular weight is 454 g/mol. The number of ether oxygens (including phenoxy) is 1. The van der Waals surface area contributed by atoms with Gasteiger partial charge in [-0.15, -0.1) is 0 Å². The Kier molecular flexibility index (Phi) is 6.11. The maximum atomic E-state index is 12.8. The van der Waals surface area contributed by atoms with Crippen LogP contribution in [-0.2, 0) is 14.6 Å². The molecule has 0 aliphatic carbocycles. The molecular formula is C20H24BrNO4S. The minimum atomic E-state index is -3.04. The molecule has 3 rings (SSSR count). The first-order valence-electron chi connectivity index (χ1n) is 9.05. The van der Waals surface area contributed by atoms with Crippen molar-refractivity contribution >= 4 is 42.4 Å². The van der Waals surface area contributed by atoms with Crippen molar-refractivity contribution < 1.29 is 17.9 Å². The van der Waals surface area contributed by atoms with E-state index in [0.29, 0.717) is 18.7 Å². The fourth-order valence-corrected chi connectivity index (χ4v) is 5.49. The van der Waals surface area contributed by atoms with Gasteiger partial charge in [0.25, 0.3) is 5.91 Å². The van der Waals surface area contributed by atoms with Gasteiger partial charge >= 0.3 is 0 Å². The Morgan fingerprint density at radius 3 is 2.59 bits per heavy atom. The molecule has 1 aliphatic heterocycles. The zero-order valence-corrected chi connectivity index (χ0v) is 17.9. The Hall–Kier alpha value is -1.60. The molecule has 0 N–H and O–H groups in total. The lowest BCUT2D eigenvalue weighted by Crippen LogP contribution is -2.45. The Morgan fingerprint density at radius 1 is 1.22 bits per heavy atom. The van der Waals surface area contributed by atoms with Crippen molar-refractivity contribution in [1.82, 2.24) is 4.90 Å². The van der Waals surface area contributed by atoms with Gasteiger partial charge in [-0.3, -0.25) is 4.79 Å². The first kappa shape index (κ1) is 20.1. The van der Waals surface area contributed by atoms with Crippen molar-refractivity contribution in [2.24, 2.45) is 5.92 Å². The zero-order chi connectivity index (χ0) is 19.6.